The van der Waals surface area contributed by atoms with Gasteiger partial charge in [-0.2, -0.15) is 0 Å². The summed E-state index contributed by atoms with van der Waals surface area (Å²) in [6, 6.07) is 23.7. The van der Waals surface area contributed by atoms with Crippen LogP contribution in [0.3, 0.4) is 0 Å². The Morgan fingerprint density at radius 2 is 1.26 bits per heavy atom. The summed E-state index contributed by atoms with van der Waals surface area (Å²) in [6.07, 6.45) is -1.74. The van der Waals surface area contributed by atoms with Crippen LogP contribution in [0.2, 0.25) is 10.0 Å². The number of nitrogens with zero attached hydrogens (tertiary/aromatic N) is 5. The average molecular weight is 883 g/mol. The maximum atomic E-state index is 14.6. The lowest BCUT2D eigenvalue weighted by Gasteiger charge is -2.25. The molecule has 0 unspecified atom stereocenters. The first-order chi connectivity index (χ1) is 29.7. The van der Waals surface area contributed by atoms with Crippen molar-refractivity contribution in [2.24, 2.45) is 14.1 Å². The first-order valence-electron chi connectivity index (χ1n) is 19.6. The fourth-order valence-corrected chi connectivity index (χ4v) is 7.78. The van der Waals surface area contributed by atoms with Gasteiger partial charge in [-0.3, -0.25) is 19.2 Å². The molecule has 6 aromatic rings. The fourth-order valence-electron chi connectivity index (χ4n) is 7.17. The third kappa shape index (κ3) is 8.34. The number of hydrogen-bond acceptors (Lipinski definition) is 9. The number of aryl methyl sites for hydroxylation is 2. The van der Waals surface area contributed by atoms with Crippen LogP contribution in [-0.4, -0.2) is 85.4 Å². The predicted molar refractivity (Wildman–Crippen MR) is 243 cm³/mol. The van der Waals surface area contributed by atoms with Crippen LogP contribution in [-0.2, 0) is 14.1 Å². The van der Waals surface area contributed by atoms with Crippen molar-refractivity contribution in [3.8, 4) is 22.6 Å². The van der Waals surface area contributed by atoms with Crippen molar-refractivity contribution in [1.82, 2.24) is 24.7 Å². The van der Waals surface area contributed by atoms with E-state index in [0.717, 1.165) is 0 Å². The lowest BCUT2D eigenvalue weighted by molar-refractivity contribution is 0.0974. The van der Waals surface area contributed by atoms with Crippen molar-refractivity contribution >= 4 is 80.4 Å². The first kappa shape index (κ1) is 44.9. The van der Waals surface area contributed by atoms with E-state index in [9.17, 15) is 28.8 Å². The van der Waals surface area contributed by atoms with Crippen molar-refractivity contribution in [2.45, 2.75) is 13.8 Å². The number of benzene rings is 4. The molecule has 15 nitrogen and oxygen atoms in total. The average Bonchev–Trinajstić information content (AvgIpc) is 3.27. The van der Waals surface area contributed by atoms with E-state index >= 15 is 0 Å². The Morgan fingerprint density at radius 1 is 0.694 bits per heavy atom. The molecule has 0 atom stereocenters. The molecule has 0 fully saturated rings. The molecule has 0 saturated carbocycles. The van der Waals surface area contributed by atoms with E-state index in [-0.39, 0.29) is 57.5 Å². The Labute approximate surface area is 366 Å². The number of aromatic nitrogens is 2. The van der Waals surface area contributed by atoms with Gasteiger partial charge >= 0.3 is 12.2 Å². The monoisotopic (exact) mass is 881 g/mol. The maximum absolute atomic E-state index is 14.6. The standard InChI is InChI=1S/C45H45Cl2N7O8/c1-8-53(27-16-11-10-12-17-27)42(57)36-39(62-45(60)50(5)24-23-48-3)34-32(52(7)41(36)56)22-21-29(37(34)47)26-15-13-18-28(25-26)54(9-2)43(58)35-38(61-44(59)49-4)33-30(46)19-14-20-31(33)51(6)40(35)55/h10-22,25,48H,8-9,23-24H2,1-7H3,(H,49,59). The topological polar surface area (TPSA) is 165 Å². The molecule has 0 aliphatic heterocycles. The lowest BCUT2D eigenvalue weighted by atomic mass is 9.99. The molecular formula is C45H45Cl2N7O8. The van der Waals surface area contributed by atoms with Gasteiger partial charge in [-0.15, -0.1) is 0 Å². The SMILES string of the molecule is CCN(C(=O)c1c(OC(=O)NC)c2c(Cl)cccc2n(C)c1=O)c1cccc(-c2ccc3c(c2Cl)c(OC(=O)N(C)CCNC)c(C(=O)N(CC)c2ccccc2)c(=O)n3C)c1. The van der Waals surface area contributed by atoms with Crippen molar-refractivity contribution < 1.29 is 28.7 Å². The van der Waals surface area contributed by atoms with Crippen molar-refractivity contribution in [3.63, 3.8) is 0 Å². The van der Waals surface area contributed by atoms with Gasteiger partial charge < -0.3 is 43.9 Å². The molecule has 0 radical (unpaired) electrons. The van der Waals surface area contributed by atoms with Gasteiger partial charge in [0, 0.05) is 71.3 Å². The highest BCUT2D eigenvalue weighted by Gasteiger charge is 2.32. The van der Waals surface area contributed by atoms with Crippen LogP contribution in [0.4, 0.5) is 21.0 Å². The maximum Gasteiger partial charge on any atom is 0.415 e. The molecule has 0 saturated heterocycles. The van der Waals surface area contributed by atoms with Gasteiger partial charge in [-0.25, -0.2) is 9.59 Å². The number of carbonyl (C=O) groups excluding carboxylic acids is 4. The van der Waals surface area contributed by atoms with Crippen LogP contribution in [0, 0.1) is 0 Å². The highest BCUT2D eigenvalue weighted by Crippen LogP contribution is 2.42. The lowest BCUT2D eigenvalue weighted by Crippen LogP contribution is -2.39. The quantitative estimate of drug-likeness (QED) is 0.131. The summed E-state index contributed by atoms with van der Waals surface area (Å²) in [7, 11) is 7.59. The van der Waals surface area contributed by atoms with Crippen LogP contribution in [0.5, 0.6) is 11.5 Å². The third-order valence-electron chi connectivity index (χ3n) is 10.5. The van der Waals surface area contributed by atoms with E-state index in [1.165, 1.54) is 52.0 Å². The van der Waals surface area contributed by atoms with Crippen molar-refractivity contribution in [2.75, 3.05) is 57.1 Å². The predicted octanol–water partition coefficient (Wildman–Crippen LogP) is 7.07. The van der Waals surface area contributed by atoms with E-state index in [1.54, 1.807) is 106 Å². The molecule has 322 valence electrons. The van der Waals surface area contributed by atoms with E-state index in [2.05, 4.69) is 10.6 Å². The molecule has 0 aliphatic rings. The number of likely N-dealkylation sites (N-methyl/N-ethyl adjacent to an activating group) is 2. The highest BCUT2D eigenvalue weighted by atomic mass is 35.5. The third-order valence-corrected chi connectivity index (χ3v) is 11.2. The van der Waals surface area contributed by atoms with Gasteiger partial charge in [0.2, 0.25) is 0 Å². The largest absolute Gasteiger partial charge is 0.415 e. The minimum atomic E-state index is -0.913. The van der Waals surface area contributed by atoms with Gasteiger partial charge in [0.15, 0.2) is 11.5 Å². The summed E-state index contributed by atoms with van der Waals surface area (Å²) in [5.74, 6) is -2.09. The Balaban J connectivity index is 1.54. The summed E-state index contributed by atoms with van der Waals surface area (Å²) in [6.45, 7) is 4.43. The van der Waals surface area contributed by atoms with E-state index in [0.29, 0.717) is 34.6 Å². The van der Waals surface area contributed by atoms with Crippen molar-refractivity contribution in [1.29, 1.82) is 0 Å². The minimum Gasteiger partial charge on any atom is -0.408 e. The van der Waals surface area contributed by atoms with Crippen LogP contribution in [0.15, 0.2) is 94.5 Å². The van der Waals surface area contributed by atoms with Gasteiger partial charge in [-0.05, 0) is 68.9 Å². The smallest absolute Gasteiger partial charge is 0.408 e. The van der Waals surface area contributed by atoms with Gasteiger partial charge in [0.25, 0.3) is 22.9 Å². The van der Waals surface area contributed by atoms with Crippen LogP contribution in [0.1, 0.15) is 34.6 Å². The number of ether oxygens (including phenoxy) is 2. The highest BCUT2D eigenvalue weighted by molar-refractivity contribution is 6.39. The molecule has 0 bridgehead atoms. The summed E-state index contributed by atoms with van der Waals surface area (Å²) >= 11 is 13.9. The summed E-state index contributed by atoms with van der Waals surface area (Å²) in [5, 5.41) is 5.84. The van der Waals surface area contributed by atoms with Gasteiger partial charge in [0.05, 0.1) is 31.9 Å². The van der Waals surface area contributed by atoms with Crippen LogP contribution in [0.25, 0.3) is 32.9 Å². The van der Waals surface area contributed by atoms with E-state index in [4.69, 9.17) is 32.7 Å². The Bertz CT molecular complexity index is 2860. The zero-order valence-corrected chi connectivity index (χ0v) is 36.7. The zero-order valence-electron chi connectivity index (χ0n) is 35.2. The summed E-state index contributed by atoms with van der Waals surface area (Å²) < 4.78 is 14.1. The fraction of sp³-hybridized carbons (Fsp3) is 0.244. The Hall–Kier alpha value is -6.68. The van der Waals surface area contributed by atoms with Gasteiger partial charge in [-0.1, -0.05) is 65.7 Å². The molecule has 4 amide bonds. The minimum absolute atomic E-state index is 0.0430. The Kier molecular flexibility index (Phi) is 13.7. The number of hydrogen-bond donors (Lipinski definition) is 2. The molecule has 2 heterocycles. The number of fused-ring (bicyclic) bond motifs is 2. The number of anilines is 2. The van der Waals surface area contributed by atoms with E-state index < -0.39 is 46.2 Å². The summed E-state index contributed by atoms with van der Waals surface area (Å²) in [5.41, 5.74) is 0.116. The number of para-hydroxylation sites is 1. The molecule has 0 aliphatic carbocycles. The molecule has 4 aromatic carbocycles. The zero-order chi connectivity index (χ0) is 45.0. The number of amides is 4. The van der Waals surface area contributed by atoms with Gasteiger partial charge in [0.1, 0.15) is 11.1 Å². The number of pyridine rings is 2. The molecule has 17 heteroatoms. The molecule has 2 aromatic heterocycles. The van der Waals surface area contributed by atoms with Crippen molar-refractivity contribution in [3.05, 3.63) is 127 Å². The van der Waals surface area contributed by atoms with E-state index in [1.807, 2.05) is 0 Å². The normalized spacial score (nSPS) is 11.0. The molecular weight excluding hydrogens is 837 g/mol. The second-order valence-electron chi connectivity index (χ2n) is 14.1. The second kappa shape index (κ2) is 18.9. The first-order valence-corrected chi connectivity index (χ1v) is 20.4. The molecule has 6 rings (SSSR count). The van der Waals surface area contributed by atoms with Crippen LogP contribution >= 0.6 is 23.2 Å². The number of carbonyl (C=O) groups is 4. The number of rotatable bonds is 12. The number of nitrogens with one attached hydrogen (secondary N) is 2. The molecule has 0 spiro atoms. The molecule has 2 N–H and O–H groups in total. The second-order valence-corrected chi connectivity index (χ2v) is 14.9. The summed E-state index contributed by atoms with van der Waals surface area (Å²) in [4.78, 5) is 87.7. The number of halogens is 2. The molecule has 62 heavy (non-hydrogen) atoms. The Morgan fingerprint density at radius 3 is 1.85 bits per heavy atom. The van der Waals surface area contributed by atoms with Crippen LogP contribution < -0.4 is 41.0 Å².